The van der Waals surface area contributed by atoms with Crippen LogP contribution in [0.1, 0.15) is 27.6 Å². The largest absolute Gasteiger partial charge is 0.497 e. The number of hydrogen-bond acceptors (Lipinski definition) is 6. The van der Waals surface area contributed by atoms with E-state index in [4.69, 9.17) is 14.6 Å². The summed E-state index contributed by atoms with van der Waals surface area (Å²) in [7, 11) is 1.36. The molecule has 2 rings (SSSR count). The van der Waals surface area contributed by atoms with Gasteiger partial charge in [0.25, 0.3) is 0 Å². The normalized spacial score (nSPS) is 12.7. The molecule has 0 radical (unpaired) electrons. The van der Waals surface area contributed by atoms with E-state index in [1.54, 1.807) is 12.1 Å². The summed E-state index contributed by atoms with van der Waals surface area (Å²) in [6, 6.07) is 13.0. The average Bonchev–Trinajstić information content (AvgIpc) is 2.70. The molecule has 0 aliphatic carbocycles. The van der Waals surface area contributed by atoms with Crippen LogP contribution in [0, 0.1) is 0 Å². The Kier molecular flexibility index (Phi) is 7.16. The van der Waals surface area contributed by atoms with Crippen molar-refractivity contribution in [3.63, 3.8) is 0 Å². The molecule has 0 bridgehead atoms. The highest BCUT2D eigenvalue weighted by atomic mass is 16.5. The first kappa shape index (κ1) is 20.2. The van der Waals surface area contributed by atoms with Crippen molar-refractivity contribution in [2.75, 3.05) is 13.7 Å². The highest BCUT2D eigenvalue weighted by Gasteiger charge is 2.21. The Labute approximate surface area is 156 Å². The Hall–Kier alpha value is -3.10. The Balaban J connectivity index is 1.91. The van der Waals surface area contributed by atoms with Crippen LogP contribution in [0.3, 0.4) is 0 Å². The fourth-order valence-electron chi connectivity index (χ4n) is 2.33. The van der Waals surface area contributed by atoms with Crippen LogP contribution in [0.2, 0.25) is 0 Å². The number of amides is 1. The molecule has 2 aromatic rings. The number of alkyl carbamates (subject to hydrolysis) is 1. The van der Waals surface area contributed by atoms with Crippen LogP contribution >= 0.6 is 0 Å². The van der Waals surface area contributed by atoms with E-state index in [0.29, 0.717) is 0 Å². The van der Waals surface area contributed by atoms with Crippen molar-refractivity contribution in [2.45, 2.75) is 18.8 Å². The SMILES string of the molecule is COc1cc(C(=O)O)cc(C(O)C(O)CNC(=O)OCc2ccccc2)c1. The van der Waals surface area contributed by atoms with Gasteiger partial charge in [0.15, 0.2) is 0 Å². The van der Waals surface area contributed by atoms with Crippen molar-refractivity contribution < 1.29 is 34.4 Å². The maximum absolute atomic E-state index is 11.7. The molecule has 4 N–H and O–H groups in total. The number of benzene rings is 2. The quantitative estimate of drug-likeness (QED) is 0.553. The first-order valence-electron chi connectivity index (χ1n) is 8.13. The molecule has 0 aromatic heterocycles. The second-order valence-electron chi connectivity index (χ2n) is 5.75. The number of aliphatic hydroxyl groups excluding tert-OH is 2. The van der Waals surface area contributed by atoms with Gasteiger partial charge in [-0.2, -0.15) is 0 Å². The standard InChI is InChI=1S/C19H21NO7/c1-26-15-8-13(7-14(9-15)18(23)24)17(22)16(21)10-20-19(25)27-11-12-5-3-2-4-6-12/h2-9,16-17,21-22H,10-11H2,1H3,(H,20,25)(H,23,24). The Morgan fingerprint density at radius 1 is 1.11 bits per heavy atom. The number of carboxylic acid groups (broad SMARTS) is 1. The molecule has 2 aromatic carbocycles. The van der Waals surface area contributed by atoms with Crippen molar-refractivity contribution in [3.8, 4) is 5.75 Å². The minimum atomic E-state index is -1.42. The van der Waals surface area contributed by atoms with Gasteiger partial charge in [-0.15, -0.1) is 0 Å². The number of ether oxygens (including phenoxy) is 2. The molecule has 0 heterocycles. The van der Waals surface area contributed by atoms with Crippen LogP contribution in [0.25, 0.3) is 0 Å². The molecule has 2 unspecified atom stereocenters. The minimum absolute atomic E-state index is 0.0726. The number of nitrogens with one attached hydrogen (secondary N) is 1. The third-order valence-corrected chi connectivity index (χ3v) is 3.79. The summed E-state index contributed by atoms with van der Waals surface area (Å²) in [5, 5.41) is 31.8. The predicted octanol–water partition coefficient (Wildman–Crippen LogP) is 1.71. The Morgan fingerprint density at radius 3 is 2.44 bits per heavy atom. The zero-order valence-corrected chi connectivity index (χ0v) is 14.7. The maximum atomic E-state index is 11.7. The summed E-state index contributed by atoms with van der Waals surface area (Å²) >= 11 is 0. The van der Waals surface area contributed by atoms with E-state index >= 15 is 0 Å². The number of methoxy groups -OCH3 is 1. The highest BCUT2D eigenvalue weighted by Crippen LogP contribution is 2.24. The number of rotatable bonds is 8. The van der Waals surface area contributed by atoms with Crippen molar-refractivity contribution >= 4 is 12.1 Å². The van der Waals surface area contributed by atoms with Crippen LogP contribution in [0.5, 0.6) is 5.75 Å². The van der Waals surface area contributed by atoms with E-state index in [2.05, 4.69) is 5.32 Å². The minimum Gasteiger partial charge on any atom is -0.497 e. The molecule has 0 aliphatic rings. The van der Waals surface area contributed by atoms with Gasteiger partial charge < -0.3 is 30.1 Å². The van der Waals surface area contributed by atoms with Crippen LogP contribution in [0.15, 0.2) is 48.5 Å². The van der Waals surface area contributed by atoms with Gasteiger partial charge in [-0.3, -0.25) is 0 Å². The first-order chi connectivity index (χ1) is 12.9. The van der Waals surface area contributed by atoms with Crippen LogP contribution < -0.4 is 10.1 Å². The topological polar surface area (TPSA) is 125 Å². The van der Waals surface area contributed by atoms with E-state index in [0.717, 1.165) is 5.56 Å². The second-order valence-corrected chi connectivity index (χ2v) is 5.75. The zero-order valence-electron chi connectivity index (χ0n) is 14.7. The summed E-state index contributed by atoms with van der Waals surface area (Å²) in [6.45, 7) is -0.211. The summed E-state index contributed by atoms with van der Waals surface area (Å²) in [5.74, 6) is -0.967. The first-order valence-corrected chi connectivity index (χ1v) is 8.13. The Morgan fingerprint density at radius 2 is 1.81 bits per heavy atom. The fourth-order valence-corrected chi connectivity index (χ4v) is 2.33. The van der Waals surface area contributed by atoms with Gasteiger partial charge in [-0.1, -0.05) is 30.3 Å². The van der Waals surface area contributed by atoms with Crippen molar-refractivity contribution in [3.05, 3.63) is 65.2 Å². The molecule has 27 heavy (non-hydrogen) atoms. The maximum Gasteiger partial charge on any atom is 0.407 e. The number of carboxylic acids is 1. The lowest BCUT2D eigenvalue weighted by molar-refractivity contribution is 0.0182. The third kappa shape index (κ3) is 5.98. The zero-order chi connectivity index (χ0) is 19.8. The van der Waals surface area contributed by atoms with E-state index in [-0.39, 0.29) is 30.0 Å². The number of carbonyl (C=O) groups excluding carboxylic acids is 1. The molecule has 1 amide bonds. The summed E-state index contributed by atoms with van der Waals surface area (Å²) in [6.07, 6.45) is -3.54. The number of carbonyl (C=O) groups is 2. The summed E-state index contributed by atoms with van der Waals surface area (Å²) in [5.41, 5.74) is 0.871. The van der Waals surface area contributed by atoms with E-state index in [1.807, 2.05) is 18.2 Å². The van der Waals surface area contributed by atoms with Crippen molar-refractivity contribution in [1.82, 2.24) is 5.32 Å². The van der Waals surface area contributed by atoms with Gasteiger partial charge in [0.05, 0.1) is 12.7 Å². The van der Waals surface area contributed by atoms with Crippen molar-refractivity contribution in [1.29, 1.82) is 0 Å². The van der Waals surface area contributed by atoms with Gasteiger partial charge >= 0.3 is 12.1 Å². The summed E-state index contributed by atoms with van der Waals surface area (Å²) < 4.78 is 10.0. The van der Waals surface area contributed by atoms with Gasteiger partial charge in [-0.25, -0.2) is 9.59 Å². The number of hydrogen-bond donors (Lipinski definition) is 4. The predicted molar refractivity (Wildman–Crippen MR) is 95.5 cm³/mol. The molecule has 0 fully saturated rings. The second kappa shape index (κ2) is 9.56. The van der Waals surface area contributed by atoms with Crippen molar-refractivity contribution in [2.24, 2.45) is 0 Å². The molecule has 0 saturated carbocycles. The summed E-state index contributed by atoms with van der Waals surface area (Å²) in [4.78, 5) is 22.8. The molecule has 144 valence electrons. The van der Waals surface area contributed by atoms with E-state index in [9.17, 15) is 19.8 Å². The lowest BCUT2D eigenvalue weighted by Crippen LogP contribution is -2.35. The van der Waals surface area contributed by atoms with Gasteiger partial charge in [-0.05, 0) is 29.3 Å². The van der Waals surface area contributed by atoms with Crippen LogP contribution in [0.4, 0.5) is 4.79 Å². The molecule has 2 atom stereocenters. The smallest absolute Gasteiger partial charge is 0.407 e. The van der Waals surface area contributed by atoms with Gasteiger partial charge in [0.1, 0.15) is 24.6 Å². The number of aromatic carboxylic acids is 1. The number of aliphatic hydroxyl groups is 2. The van der Waals surface area contributed by atoms with E-state index < -0.39 is 24.3 Å². The Bertz CT molecular complexity index is 779. The molecule has 0 aliphatic heterocycles. The van der Waals surface area contributed by atoms with Crippen LogP contribution in [-0.2, 0) is 11.3 Å². The van der Waals surface area contributed by atoms with Crippen LogP contribution in [-0.4, -0.2) is 47.1 Å². The average molecular weight is 375 g/mol. The lowest BCUT2D eigenvalue weighted by atomic mass is 10.0. The molecular formula is C19H21NO7. The monoisotopic (exact) mass is 375 g/mol. The molecule has 0 spiro atoms. The lowest BCUT2D eigenvalue weighted by Gasteiger charge is -2.19. The van der Waals surface area contributed by atoms with Gasteiger partial charge in [0, 0.05) is 6.54 Å². The molecule has 8 heteroatoms. The third-order valence-electron chi connectivity index (χ3n) is 3.79. The van der Waals surface area contributed by atoms with Gasteiger partial charge in [0.2, 0.25) is 0 Å². The fraction of sp³-hybridized carbons (Fsp3) is 0.263. The van der Waals surface area contributed by atoms with E-state index in [1.165, 1.54) is 25.3 Å². The highest BCUT2D eigenvalue weighted by molar-refractivity contribution is 5.88. The molecule has 0 saturated heterocycles. The molecule has 8 nitrogen and oxygen atoms in total. The molecular weight excluding hydrogens is 354 g/mol.